The summed E-state index contributed by atoms with van der Waals surface area (Å²) in [5, 5.41) is 7.10. The van der Waals surface area contributed by atoms with E-state index in [9.17, 15) is 0 Å². The number of nitrogens with one attached hydrogen (secondary N) is 1. The second kappa shape index (κ2) is 4.87. The van der Waals surface area contributed by atoms with Gasteiger partial charge in [-0.3, -0.25) is 0 Å². The van der Waals surface area contributed by atoms with Crippen molar-refractivity contribution in [1.82, 2.24) is 0 Å². The minimum absolute atomic E-state index is 0.0842. The smallest absolute Gasteiger partial charge is 0.166 e. The molecular weight excluding hydrogens is 214 g/mol. The van der Waals surface area contributed by atoms with Crippen LogP contribution in [-0.2, 0) is 0 Å². The first-order valence-electron chi connectivity index (χ1n) is 5.07. The van der Waals surface area contributed by atoms with Crippen LogP contribution in [0.5, 0.6) is 0 Å². The van der Waals surface area contributed by atoms with Crippen molar-refractivity contribution in [1.29, 1.82) is 0 Å². The first-order chi connectivity index (χ1) is 7.81. The summed E-state index contributed by atoms with van der Waals surface area (Å²) in [4.78, 5) is 0. The Morgan fingerprint density at radius 1 is 0.875 bits per heavy atom. The van der Waals surface area contributed by atoms with Crippen LogP contribution in [0.1, 0.15) is 21.9 Å². The molecule has 78 valence electrons. The molecule has 0 saturated heterocycles. The van der Waals surface area contributed by atoms with Crippen LogP contribution in [0.15, 0.2) is 54.6 Å². The van der Waals surface area contributed by atoms with E-state index in [0.29, 0.717) is 0 Å². The van der Waals surface area contributed by atoms with Gasteiger partial charge in [0, 0.05) is 0 Å². The minimum Gasteiger partial charge on any atom is -0.166 e. The monoisotopic (exact) mass is 226 g/mol. The van der Waals surface area contributed by atoms with Gasteiger partial charge in [0.05, 0.1) is 5.25 Å². The summed E-state index contributed by atoms with van der Waals surface area (Å²) in [6.45, 7) is 0. The molecule has 2 rings (SSSR count). The van der Waals surface area contributed by atoms with E-state index < -0.39 is 0 Å². The van der Waals surface area contributed by atoms with E-state index in [4.69, 9.17) is 5.26 Å². The molecule has 1 N–H and O–H groups in total. The molecule has 0 bridgehead atoms. The maximum atomic E-state index is 7.02. The van der Waals surface area contributed by atoms with Gasteiger partial charge >= 0.3 is 6.07 Å². The average Bonchev–Trinajstić information content (AvgIpc) is 2.39. The summed E-state index contributed by atoms with van der Waals surface area (Å²) in [6, 6.07) is 20.2. The van der Waals surface area contributed by atoms with Gasteiger partial charge < -0.3 is 0 Å². The first kappa shape index (κ1) is 10.8. The average molecular weight is 226 g/mol. The minimum atomic E-state index is 0.0842. The van der Waals surface area contributed by atoms with Gasteiger partial charge in [0.1, 0.15) is 5.56 Å². The molecular formula is C14H12NS+. The Labute approximate surface area is 101 Å². The summed E-state index contributed by atoms with van der Waals surface area (Å²) in [5.74, 6) is 0. The topological polar surface area (TPSA) is 23.8 Å². The second-order valence-electron chi connectivity index (χ2n) is 3.56. The fourth-order valence-corrected chi connectivity index (χ4v) is 1.92. The zero-order valence-electron chi connectivity index (χ0n) is 8.72. The van der Waals surface area contributed by atoms with Gasteiger partial charge in [0.15, 0.2) is 0 Å². The molecule has 1 nitrogen and oxygen atoms in total. The Morgan fingerprint density at radius 3 is 2.00 bits per heavy atom. The number of rotatable bonds is 2. The number of benzene rings is 2. The van der Waals surface area contributed by atoms with Crippen molar-refractivity contribution in [3.05, 3.63) is 71.3 Å². The maximum absolute atomic E-state index is 7.02. The zero-order chi connectivity index (χ0) is 11.4. The third-order valence-corrected chi connectivity index (χ3v) is 3.08. The van der Waals surface area contributed by atoms with Crippen LogP contribution >= 0.6 is 12.6 Å². The summed E-state index contributed by atoms with van der Waals surface area (Å²) in [6.07, 6.45) is 0. The molecule has 0 heterocycles. The molecule has 1 atom stereocenters. The second-order valence-corrected chi connectivity index (χ2v) is 4.08. The predicted molar refractivity (Wildman–Crippen MR) is 67.7 cm³/mol. The highest BCUT2D eigenvalue weighted by Gasteiger charge is 2.08. The van der Waals surface area contributed by atoms with Crippen molar-refractivity contribution in [3.63, 3.8) is 0 Å². The fourth-order valence-electron chi connectivity index (χ4n) is 1.58. The van der Waals surface area contributed by atoms with Gasteiger partial charge in [-0.25, -0.2) is 0 Å². The van der Waals surface area contributed by atoms with Crippen LogP contribution < -0.4 is 5.26 Å². The van der Waals surface area contributed by atoms with Gasteiger partial charge in [0.2, 0.25) is 0 Å². The third-order valence-electron chi connectivity index (χ3n) is 2.49. The zero-order valence-corrected chi connectivity index (χ0v) is 9.62. The fraction of sp³-hybridized carbons (Fsp3) is 0.0714. The van der Waals surface area contributed by atoms with E-state index in [1.54, 1.807) is 0 Å². The van der Waals surface area contributed by atoms with Crippen molar-refractivity contribution in [2.45, 2.75) is 5.25 Å². The first-order valence-corrected chi connectivity index (χ1v) is 5.58. The third kappa shape index (κ3) is 2.26. The largest absolute Gasteiger partial charge is 0.308 e. The Balaban J connectivity index is 2.28. The standard InChI is InChI=1S/C14H11NS/c15-10-11-6-8-13(9-7-11)14(16)12-4-2-1-3-5-12/h1-9,14,16H/p+1. The van der Waals surface area contributed by atoms with Crippen molar-refractivity contribution >= 4 is 12.6 Å². The number of hydrogen-bond acceptors (Lipinski definition) is 1. The normalized spacial score (nSPS) is 11.8. The molecule has 16 heavy (non-hydrogen) atoms. The van der Waals surface area contributed by atoms with E-state index >= 15 is 0 Å². The van der Waals surface area contributed by atoms with E-state index in [2.05, 4.69) is 30.8 Å². The van der Waals surface area contributed by atoms with Crippen LogP contribution in [0, 0.1) is 6.07 Å². The van der Waals surface area contributed by atoms with E-state index in [-0.39, 0.29) is 5.25 Å². The lowest BCUT2D eigenvalue weighted by atomic mass is 10.0. The molecule has 0 spiro atoms. The predicted octanol–water partition coefficient (Wildman–Crippen LogP) is 1.83. The van der Waals surface area contributed by atoms with Gasteiger partial charge in [-0.15, -0.1) is 0 Å². The highest BCUT2D eigenvalue weighted by molar-refractivity contribution is 7.80. The lowest BCUT2D eigenvalue weighted by molar-refractivity contribution is -0.0909. The quantitative estimate of drug-likeness (QED) is 0.730. The summed E-state index contributed by atoms with van der Waals surface area (Å²) in [7, 11) is 0. The van der Waals surface area contributed by atoms with Gasteiger partial charge in [-0.1, -0.05) is 47.7 Å². The van der Waals surface area contributed by atoms with Crippen molar-refractivity contribution in [2.75, 3.05) is 0 Å². The van der Waals surface area contributed by atoms with Crippen LogP contribution in [0.3, 0.4) is 0 Å². The Hall–Kier alpha value is -1.72. The summed E-state index contributed by atoms with van der Waals surface area (Å²) < 4.78 is 0. The molecule has 2 aromatic rings. The molecule has 0 fully saturated rings. The molecule has 0 aliphatic rings. The maximum Gasteiger partial charge on any atom is 0.308 e. The molecule has 1 unspecified atom stereocenters. The number of hydrogen-bond donors (Lipinski definition) is 2. The van der Waals surface area contributed by atoms with Gasteiger partial charge in [-0.2, -0.15) is 12.6 Å². The molecule has 0 aromatic heterocycles. The lowest BCUT2D eigenvalue weighted by Crippen LogP contribution is -2.17. The van der Waals surface area contributed by atoms with E-state index in [1.165, 1.54) is 5.56 Å². The molecule has 0 saturated carbocycles. The summed E-state index contributed by atoms with van der Waals surface area (Å²) in [5.41, 5.74) is 3.10. The van der Waals surface area contributed by atoms with Gasteiger partial charge in [0.25, 0.3) is 0 Å². The van der Waals surface area contributed by atoms with E-state index in [1.807, 2.05) is 42.5 Å². The Kier molecular flexibility index (Phi) is 3.28. The molecule has 0 aliphatic carbocycles. The van der Waals surface area contributed by atoms with E-state index in [0.717, 1.165) is 11.1 Å². The van der Waals surface area contributed by atoms with Crippen molar-refractivity contribution in [3.8, 4) is 6.07 Å². The highest BCUT2D eigenvalue weighted by atomic mass is 32.1. The van der Waals surface area contributed by atoms with Crippen molar-refractivity contribution in [2.24, 2.45) is 0 Å². The van der Waals surface area contributed by atoms with Gasteiger partial charge in [-0.05, 0) is 23.3 Å². The Bertz CT molecular complexity index is 497. The van der Waals surface area contributed by atoms with Crippen LogP contribution in [-0.4, -0.2) is 0 Å². The van der Waals surface area contributed by atoms with Crippen molar-refractivity contribution < 1.29 is 5.26 Å². The number of thiol groups is 1. The highest BCUT2D eigenvalue weighted by Crippen LogP contribution is 2.27. The molecule has 0 amide bonds. The molecule has 0 aliphatic heterocycles. The molecule has 2 aromatic carbocycles. The van der Waals surface area contributed by atoms with Crippen LogP contribution in [0.25, 0.3) is 0 Å². The van der Waals surface area contributed by atoms with Crippen LogP contribution in [0.2, 0.25) is 0 Å². The lowest BCUT2D eigenvalue weighted by Gasteiger charge is -2.10. The molecule has 2 heteroatoms. The summed E-state index contributed by atoms with van der Waals surface area (Å²) >= 11 is 4.61. The molecule has 0 radical (unpaired) electrons. The SMILES string of the molecule is [NH+]#Cc1ccc(C(S)c2ccccc2)cc1. The van der Waals surface area contributed by atoms with Crippen LogP contribution in [0.4, 0.5) is 0 Å². The Morgan fingerprint density at radius 2 is 1.44 bits per heavy atom.